The summed E-state index contributed by atoms with van der Waals surface area (Å²) in [5, 5.41) is 0. The van der Waals surface area contributed by atoms with Crippen molar-refractivity contribution in [3.63, 3.8) is 0 Å². The molecule has 0 rings (SSSR count). The molecule has 0 saturated carbocycles. The molecule has 4 heavy (non-hydrogen) atoms. The topological polar surface area (TPSA) is 0 Å². The summed E-state index contributed by atoms with van der Waals surface area (Å²) in [7, 11) is 0. The van der Waals surface area contributed by atoms with Crippen LogP contribution in [0.1, 0.15) is 0 Å². The van der Waals surface area contributed by atoms with E-state index in [0.29, 0.717) is 0 Å². The average molecular weight is 627 g/mol. The van der Waals surface area contributed by atoms with Gasteiger partial charge in [-0.2, -0.15) is 0 Å². The fourth-order valence-electron chi connectivity index (χ4n) is 0. The molecule has 0 saturated heterocycles. The van der Waals surface area contributed by atoms with E-state index in [4.69, 9.17) is 0 Å². The second-order valence-corrected chi connectivity index (χ2v) is 0. The Morgan fingerprint density at radius 3 is 1.00 bits per heavy atom. The molecule has 0 fully saturated rings. The summed E-state index contributed by atoms with van der Waals surface area (Å²) in [4.78, 5) is 0. The first kappa shape index (κ1) is 32.0. The van der Waals surface area contributed by atoms with E-state index in [0.717, 1.165) is 0 Å². The first-order valence-corrected chi connectivity index (χ1v) is 0. The zero-order valence-electron chi connectivity index (χ0n) is 1.38. The van der Waals surface area contributed by atoms with Crippen LogP contribution in [0, 0.1) is 0 Å². The van der Waals surface area contributed by atoms with Gasteiger partial charge >= 0.3 is 0 Å². The fourth-order valence-corrected chi connectivity index (χ4v) is 0. The number of hydrogen-bond donors (Lipinski definition) is 0. The second kappa shape index (κ2) is 18.0. The average Bonchev–Trinajstić information content (AvgIpc) is 0. The van der Waals surface area contributed by atoms with E-state index in [-0.39, 0.29) is 76.8 Å². The Kier molecular flexibility index (Phi) is 144. The first-order valence-electron chi connectivity index (χ1n) is 0. The van der Waals surface area contributed by atoms with Gasteiger partial charge in [-0.05, 0) is 0 Å². The van der Waals surface area contributed by atoms with Crippen LogP contribution in [0.15, 0.2) is 0 Å². The molecule has 0 aromatic heterocycles. The van der Waals surface area contributed by atoms with Crippen LogP contribution in [0.5, 0.6) is 0 Å². The maximum atomic E-state index is 0. The Balaban J connectivity index is 0. The second-order valence-electron chi connectivity index (χ2n) is 0. The summed E-state index contributed by atoms with van der Waals surface area (Å²) >= 11 is 0. The van der Waals surface area contributed by atoms with Crippen molar-refractivity contribution in [2.24, 2.45) is 0 Å². The van der Waals surface area contributed by atoms with Crippen molar-refractivity contribution in [3.8, 4) is 0 Å². The molecule has 0 aliphatic heterocycles. The summed E-state index contributed by atoms with van der Waals surface area (Å²) in [6, 6.07) is 0. The predicted octanol–water partition coefficient (Wildman–Crippen LogP) is -0.0100. The summed E-state index contributed by atoms with van der Waals surface area (Å²) < 4.78 is 0. The minimum Gasteiger partial charge on any atom is 0 e. The van der Waals surface area contributed by atoms with E-state index in [2.05, 4.69) is 0 Å². The molecule has 0 heterocycles. The summed E-state index contributed by atoms with van der Waals surface area (Å²) in [6.45, 7) is 0. The van der Waals surface area contributed by atoms with Crippen LogP contribution in [0.3, 0.4) is 0 Å². The molecule has 2 radical (unpaired) electrons. The monoisotopic (exact) mass is 630 g/mol. The van der Waals surface area contributed by atoms with Gasteiger partial charge in [-0.25, -0.2) is 0 Å². The predicted molar refractivity (Wildman–Crippen MR) is 0 cm³/mol. The summed E-state index contributed by atoms with van der Waals surface area (Å²) in [6.07, 6.45) is 0. The molecule has 0 amide bonds. The van der Waals surface area contributed by atoms with Gasteiger partial charge in [0.25, 0.3) is 0 Å². The van der Waals surface area contributed by atoms with Crippen LogP contribution >= 0.6 is 0 Å². The molecule has 0 unspecified atom stereocenters. The van der Waals surface area contributed by atoms with Crippen molar-refractivity contribution in [2.75, 3.05) is 0 Å². The number of hydrogen-bond acceptors (Lipinski definition) is 0. The van der Waals surface area contributed by atoms with Gasteiger partial charge in [-0.1, -0.05) is 0 Å². The first-order chi connectivity index (χ1) is 0. The SMILES string of the molecule is [Ir].[Ni].[Os].[Re]. The Morgan fingerprint density at radius 1 is 1.00 bits per heavy atom. The molecule has 0 spiro atoms. The van der Waals surface area contributed by atoms with Gasteiger partial charge < -0.3 is 0 Å². The van der Waals surface area contributed by atoms with E-state index in [1.54, 1.807) is 0 Å². The standard InChI is InChI=1S/Ir.Ni.Os.Re. The van der Waals surface area contributed by atoms with E-state index in [9.17, 15) is 0 Å². The molecule has 0 atom stereocenters. The maximum absolute atomic E-state index is 0. The van der Waals surface area contributed by atoms with Crippen LogP contribution < -0.4 is 0 Å². The van der Waals surface area contributed by atoms with Gasteiger partial charge in [-0.3, -0.25) is 0 Å². The van der Waals surface area contributed by atoms with Gasteiger partial charge in [0, 0.05) is 76.8 Å². The zero-order chi connectivity index (χ0) is 0. The summed E-state index contributed by atoms with van der Waals surface area (Å²) in [5.41, 5.74) is 0. The molecule has 0 aliphatic rings. The van der Waals surface area contributed by atoms with Crippen LogP contribution in [0.4, 0.5) is 0 Å². The van der Waals surface area contributed by atoms with Gasteiger partial charge in [0.1, 0.15) is 0 Å². The minimum absolute atomic E-state index is 0. The van der Waals surface area contributed by atoms with E-state index >= 15 is 0 Å². The third-order valence-corrected chi connectivity index (χ3v) is 0. The van der Waals surface area contributed by atoms with Crippen molar-refractivity contribution >= 4 is 0 Å². The zero-order valence-corrected chi connectivity index (χ0v) is 10.0. The molecule has 4 heteroatoms. The Hall–Kier alpha value is 2.44. The van der Waals surface area contributed by atoms with Crippen LogP contribution in [-0.2, 0) is 76.8 Å². The fraction of sp³-hybridized carbons (Fsp3) is 0. The van der Waals surface area contributed by atoms with E-state index < -0.39 is 0 Å². The maximum Gasteiger partial charge on any atom is 0 e. The van der Waals surface area contributed by atoms with E-state index in [1.807, 2.05) is 0 Å². The van der Waals surface area contributed by atoms with Crippen molar-refractivity contribution in [3.05, 3.63) is 0 Å². The minimum atomic E-state index is 0. The molecule has 0 aromatic rings. The van der Waals surface area contributed by atoms with Gasteiger partial charge in [0.2, 0.25) is 0 Å². The Morgan fingerprint density at radius 2 is 1.00 bits per heavy atom. The molecule has 0 bridgehead atoms. The summed E-state index contributed by atoms with van der Waals surface area (Å²) in [5.74, 6) is 0. The molecule has 34 valence electrons. The van der Waals surface area contributed by atoms with Crippen molar-refractivity contribution in [2.45, 2.75) is 0 Å². The van der Waals surface area contributed by atoms with Gasteiger partial charge in [-0.15, -0.1) is 0 Å². The molecule has 0 aromatic carbocycles. The van der Waals surface area contributed by atoms with Gasteiger partial charge in [0.05, 0.1) is 0 Å². The molecular formula is IrNiOsRe. The third-order valence-electron chi connectivity index (χ3n) is 0. The van der Waals surface area contributed by atoms with Crippen molar-refractivity contribution in [1.82, 2.24) is 0 Å². The Labute approximate surface area is 75.9 Å². The van der Waals surface area contributed by atoms with Crippen LogP contribution in [0.2, 0.25) is 0 Å². The molecule has 0 nitrogen and oxygen atoms in total. The van der Waals surface area contributed by atoms with E-state index in [1.165, 1.54) is 0 Å². The third kappa shape index (κ3) is 8.82. The molecule has 0 aliphatic carbocycles. The quantitative estimate of drug-likeness (QED) is 0.332. The number of rotatable bonds is 0. The van der Waals surface area contributed by atoms with Crippen molar-refractivity contribution < 1.29 is 76.8 Å². The smallest absolute Gasteiger partial charge is 0 e. The Bertz CT molecular complexity index is 8.00. The van der Waals surface area contributed by atoms with Crippen LogP contribution in [-0.4, -0.2) is 0 Å². The normalized spacial score (nSPS) is 0. The van der Waals surface area contributed by atoms with Crippen molar-refractivity contribution in [1.29, 1.82) is 0 Å². The van der Waals surface area contributed by atoms with Crippen LogP contribution in [0.25, 0.3) is 0 Å². The molecular weight excluding hydrogens is 627 g/mol. The van der Waals surface area contributed by atoms with Gasteiger partial charge in [0.15, 0.2) is 0 Å². The largest absolute Gasteiger partial charge is 0 e. The molecule has 0 N–H and O–H groups in total.